The second-order valence-electron chi connectivity index (χ2n) is 4.10. The average molecular weight is 336 g/mol. The normalized spacial score (nSPS) is 10.2. The Morgan fingerprint density at radius 1 is 1.21 bits per heavy atom. The Labute approximate surface area is 126 Å². The first-order valence-electron chi connectivity index (χ1n) is 5.96. The minimum Gasteiger partial charge on any atom is -0.457 e. The molecule has 2 rings (SSSR count). The van der Waals surface area contributed by atoms with Crippen molar-refractivity contribution in [3.8, 4) is 11.5 Å². The van der Waals surface area contributed by atoms with Crippen LogP contribution in [0.4, 0.5) is 0 Å². The van der Waals surface area contributed by atoms with Crippen molar-refractivity contribution in [2.24, 2.45) is 5.73 Å². The Kier molecular flexibility index (Phi) is 4.56. The number of benzene rings is 2. The highest BCUT2D eigenvalue weighted by Gasteiger charge is 2.08. The SMILES string of the molecule is CCc1ccc(Oc2cc(Br)ccc2C(N)=S)cc1. The van der Waals surface area contributed by atoms with Crippen LogP contribution in [0.2, 0.25) is 0 Å². The standard InChI is InChI=1S/C15H14BrNOS/c1-2-10-3-6-12(7-4-10)18-14-9-11(16)5-8-13(14)15(17)19/h3-9H,2H2,1H3,(H2,17,19). The van der Waals surface area contributed by atoms with Gasteiger partial charge in [-0.2, -0.15) is 0 Å². The summed E-state index contributed by atoms with van der Waals surface area (Å²) in [6.07, 6.45) is 1.01. The Balaban J connectivity index is 2.31. The molecule has 2 aromatic carbocycles. The van der Waals surface area contributed by atoms with Gasteiger partial charge in [0.15, 0.2) is 0 Å². The topological polar surface area (TPSA) is 35.2 Å². The van der Waals surface area contributed by atoms with Gasteiger partial charge >= 0.3 is 0 Å². The zero-order valence-electron chi connectivity index (χ0n) is 10.5. The third-order valence-corrected chi connectivity index (χ3v) is 3.48. The first-order valence-corrected chi connectivity index (χ1v) is 7.16. The predicted molar refractivity (Wildman–Crippen MR) is 85.9 cm³/mol. The molecule has 0 aliphatic carbocycles. The highest BCUT2D eigenvalue weighted by atomic mass is 79.9. The molecule has 2 nitrogen and oxygen atoms in total. The van der Waals surface area contributed by atoms with Crippen LogP contribution in [0, 0.1) is 0 Å². The molecule has 19 heavy (non-hydrogen) atoms. The summed E-state index contributed by atoms with van der Waals surface area (Å²) in [5, 5.41) is 0. The lowest BCUT2D eigenvalue weighted by Gasteiger charge is -2.11. The van der Waals surface area contributed by atoms with Crippen molar-refractivity contribution in [3.63, 3.8) is 0 Å². The van der Waals surface area contributed by atoms with Crippen LogP contribution >= 0.6 is 28.1 Å². The summed E-state index contributed by atoms with van der Waals surface area (Å²) in [5.41, 5.74) is 7.71. The molecule has 4 heteroatoms. The van der Waals surface area contributed by atoms with Gasteiger partial charge in [0.25, 0.3) is 0 Å². The highest BCUT2D eigenvalue weighted by molar-refractivity contribution is 9.10. The summed E-state index contributed by atoms with van der Waals surface area (Å²) in [5.74, 6) is 1.43. The van der Waals surface area contributed by atoms with Crippen molar-refractivity contribution in [2.75, 3.05) is 0 Å². The van der Waals surface area contributed by atoms with E-state index >= 15 is 0 Å². The minimum atomic E-state index is 0.327. The van der Waals surface area contributed by atoms with Gasteiger partial charge in [-0.1, -0.05) is 47.2 Å². The third-order valence-electron chi connectivity index (χ3n) is 2.77. The van der Waals surface area contributed by atoms with Gasteiger partial charge in [0.2, 0.25) is 0 Å². The van der Waals surface area contributed by atoms with E-state index in [2.05, 4.69) is 22.9 Å². The molecule has 0 saturated heterocycles. The van der Waals surface area contributed by atoms with E-state index < -0.39 is 0 Å². The van der Waals surface area contributed by atoms with Crippen molar-refractivity contribution < 1.29 is 4.74 Å². The molecule has 0 aromatic heterocycles. The number of rotatable bonds is 4. The summed E-state index contributed by atoms with van der Waals surface area (Å²) in [7, 11) is 0. The van der Waals surface area contributed by atoms with Crippen LogP contribution in [0.5, 0.6) is 11.5 Å². The van der Waals surface area contributed by atoms with Gasteiger partial charge in [0.1, 0.15) is 16.5 Å². The summed E-state index contributed by atoms with van der Waals surface area (Å²) in [6, 6.07) is 13.6. The van der Waals surface area contributed by atoms with Crippen molar-refractivity contribution in [1.29, 1.82) is 0 Å². The predicted octanol–water partition coefficient (Wildman–Crippen LogP) is 4.44. The van der Waals surface area contributed by atoms with Gasteiger partial charge in [-0.05, 0) is 42.3 Å². The lowest BCUT2D eigenvalue weighted by atomic mass is 10.1. The molecule has 0 saturated carbocycles. The van der Waals surface area contributed by atoms with Crippen LogP contribution in [0.1, 0.15) is 18.1 Å². The van der Waals surface area contributed by atoms with Crippen LogP contribution in [-0.2, 0) is 6.42 Å². The zero-order valence-corrected chi connectivity index (χ0v) is 12.9. The fourth-order valence-electron chi connectivity index (χ4n) is 1.70. The smallest absolute Gasteiger partial charge is 0.138 e. The van der Waals surface area contributed by atoms with Crippen molar-refractivity contribution in [3.05, 3.63) is 58.1 Å². The van der Waals surface area contributed by atoms with E-state index in [0.717, 1.165) is 22.2 Å². The van der Waals surface area contributed by atoms with E-state index in [1.807, 2.05) is 42.5 Å². The fourth-order valence-corrected chi connectivity index (χ4v) is 2.21. The fraction of sp³-hybridized carbons (Fsp3) is 0.133. The van der Waals surface area contributed by atoms with E-state index in [4.69, 9.17) is 22.7 Å². The van der Waals surface area contributed by atoms with Crippen LogP contribution in [0.25, 0.3) is 0 Å². The Bertz CT molecular complexity index is 596. The first kappa shape index (κ1) is 14.0. The highest BCUT2D eigenvalue weighted by Crippen LogP contribution is 2.28. The molecule has 0 aliphatic rings. The Morgan fingerprint density at radius 3 is 2.47 bits per heavy atom. The zero-order chi connectivity index (χ0) is 13.8. The van der Waals surface area contributed by atoms with Crippen LogP contribution in [0.15, 0.2) is 46.9 Å². The first-order chi connectivity index (χ1) is 9.10. The van der Waals surface area contributed by atoms with Crippen molar-refractivity contribution >= 4 is 33.1 Å². The molecular formula is C15H14BrNOS. The van der Waals surface area contributed by atoms with Crippen molar-refractivity contribution in [2.45, 2.75) is 13.3 Å². The van der Waals surface area contributed by atoms with Gasteiger partial charge < -0.3 is 10.5 Å². The lowest BCUT2D eigenvalue weighted by Crippen LogP contribution is -2.10. The Hall–Kier alpha value is -1.39. The molecule has 0 spiro atoms. The number of aryl methyl sites for hydroxylation is 1. The molecule has 2 aromatic rings. The lowest BCUT2D eigenvalue weighted by molar-refractivity contribution is 0.481. The number of thiocarbonyl (C=S) groups is 1. The summed E-state index contributed by atoms with van der Waals surface area (Å²) < 4.78 is 6.78. The molecule has 0 bridgehead atoms. The molecule has 0 unspecified atom stereocenters. The maximum Gasteiger partial charge on any atom is 0.138 e. The van der Waals surface area contributed by atoms with Gasteiger partial charge in [0.05, 0.1) is 5.56 Å². The van der Waals surface area contributed by atoms with Crippen LogP contribution in [0.3, 0.4) is 0 Å². The molecule has 0 amide bonds. The molecule has 0 atom stereocenters. The van der Waals surface area contributed by atoms with Gasteiger partial charge in [-0.3, -0.25) is 0 Å². The molecular weight excluding hydrogens is 322 g/mol. The van der Waals surface area contributed by atoms with E-state index in [0.29, 0.717) is 10.7 Å². The minimum absolute atomic E-state index is 0.327. The molecule has 2 N–H and O–H groups in total. The van der Waals surface area contributed by atoms with E-state index in [1.54, 1.807) is 0 Å². The number of hydrogen-bond acceptors (Lipinski definition) is 2. The molecule has 0 heterocycles. The largest absolute Gasteiger partial charge is 0.457 e. The monoisotopic (exact) mass is 335 g/mol. The summed E-state index contributed by atoms with van der Waals surface area (Å²) in [4.78, 5) is 0.327. The maximum atomic E-state index is 5.85. The second-order valence-corrected chi connectivity index (χ2v) is 5.46. The summed E-state index contributed by atoms with van der Waals surface area (Å²) in [6.45, 7) is 2.12. The summed E-state index contributed by atoms with van der Waals surface area (Å²) >= 11 is 8.45. The van der Waals surface area contributed by atoms with E-state index in [1.165, 1.54) is 5.56 Å². The second kappa shape index (κ2) is 6.17. The quantitative estimate of drug-likeness (QED) is 0.839. The van der Waals surface area contributed by atoms with Crippen LogP contribution in [-0.4, -0.2) is 4.99 Å². The molecule has 98 valence electrons. The van der Waals surface area contributed by atoms with Gasteiger partial charge in [0, 0.05) is 4.47 Å². The van der Waals surface area contributed by atoms with Gasteiger partial charge in [-0.15, -0.1) is 0 Å². The third kappa shape index (κ3) is 3.55. The molecule has 0 radical (unpaired) electrons. The number of nitrogens with two attached hydrogens (primary N) is 1. The molecule has 0 fully saturated rings. The molecule has 0 aliphatic heterocycles. The number of ether oxygens (including phenoxy) is 1. The Morgan fingerprint density at radius 2 is 1.89 bits per heavy atom. The average Bonchev–Trinajstić information content (AvgIpc) is 2.39. The van der Waals surface area contributed by atoms with E-state index in [9.17, 15) is 0 Å². The number of halogens is 1. The maximum absolute atomic E-state index is 5.85. The van der Waals surface area contributed by atoms with Crippen LogP contribution < -0.4 is 10.5 Å². The van der Waals surface area contributed by atoms with Gasteiger partial charge in [-0.25, -0.2) is 0 Å². The number of hydrogen-bond donors (Lipinski definition) is 1. The van der Waals surface area contributed by atoms with Crippen molar-refractivity contribution in [1.82, 2.24) is 0 Å². The van der Waals surface area contributed by atoms with E-state index in [-0.39, 0.29) is 0 Å².